The summed E-state index contributed by atoms with van der Waals surface area (Å²) in [6.07, 6.45) is 6.02. The second-order valence-corrected chi connectivity index (χ2v) is 4.61. The first-order chi connectivity index (χ1) is 10.1. The van der Waals surface area contributed by atoms with Crippen LogP contribution in [-0.2, 0) is 11.4 Å². The van der Waals surface area contributed by atoms with Crippen LogP contribution in [0, 0.1) is 13.8 Å². The van der Waals surface area contributed by atoms with E-state index in [1.807, 2.05) is 26.0 Å². The molecule has 0 amide bonds. The van der Waals surface area contributed by atoms with Gasteiger partial charge in [0.25, 0.3) is 0 Å². The van der Waals surface area contributed by atoms with Crippen LogP contribution >= 0.6 is 0 Å². The first-order valence-electron chi connectivity index (χ1n) is 6.47. The fourth-order valence-corrected chi connectivity index (χ4v) is 2.02. The molecule has 0 unspecified atom stereocenters. The second kappa shape index (κ2) is 6.65. The van der Waals surface area contributed by atoms with E-state index in [9.17, 15) is 4.79 Å². The predicted octanol–water partition coefficient (Wildman–Crippen LogP) is 2.77. The minimum Gasteiger partial charge on any atom is -0.485 e. The molecule has 5 nitrogen and oxygen atoms in total. The third kappa shape index (κ3) is 4.14. The Morgan fingerprint density at radius 1 is 1.24 bits per heavy atom. The van der Waals surface area contributed by atoms with E-state index in [0.717, 1.165) is 28.5 Å². The Bertz CT molecular complexity index is 643. The number of aryl methyl sites for hydroxylation is 2. The number of aliphatic carboxylic acids is 1. The lowest BCUT2D eigenvalue weighted by atomic mass is 10.1. The van der Waals surface area contributed by atoms with E-state index in [-0.39, 0.29) is 0 Å². The zero-order chi connectivity index (χ0) is 15.2. The predicted molar refractivity (Wildman–Crippen MR) is 78.9 cm³/mol. The van der Waals surface area contributed by atoms with Gasteiger partial charge < -0.3 is 9.84 Å². The summed E-state index contributed by atoms with van der Waals surface area (Å²) in [6.45, 7) is 4.14. The van der Waals surface area contributed by atoms with E-state index in [1.54, 1.807) is 24.5 Å². The number of carboxylic acids is 1. The molecule has 0 atom stereocenters. The van der Waals surface area contributed by atoms with Crippen molar-refractivity contribution in [3.63, 3.8) is 0 Å². The van der Waals surface area contributed by atoms with Crippen molar-refractivity contribution in [3.8, 4) is 5.75 Å². The van der Waals surface area contributed by atoms with Crippen molar-refractivity contribution in [1.29, 1.82) is 0 Å². The Morgan fingerprint density at radius 3 is 2.43 bits per heavy atom. The van der Waals surface area contributed by atoms with Crippen molar-refractivity contribution in [1.82, 2.24) is 9.97 Å². The first kappa shape index (κ1) is 14.7. The summed E-state index contributed by atoms with van der Waals surface area (Å²) in [5.74, 6) is 0.424. The summed E-state index contributed by atoms with van der Waals surface area (Å²) in [7, 11) is 0. The van der Waals surface area contributed by atoms with E-state index < -0.39 is 5.97 Å². The third-order valence-corrected chi connectivity index (χ3v) is 2.87. The molecule has 0 aliphatic rings. The van der Waals surface area contributed by atoms with Crippen LogP contribution in [0.4, 0.5) is 0 Å². The lowest BCUT2D eigenvalue weighted by molar-refractivity contribution is -0.131. The van der Waals surface area contributed by atoms with Gasteiger partial charge in [0.05, 0.1) is 0 Å². The molecule has 0 aliphatic heterocycles. The molecule has 0 saturated heterocycles. The van der Waals surface area contributed by atoms with Gasteiger partial charge in [-0.05, 0) is 54.8 Å². The van der Waals surface area contributed by atoms with Gasteiger partial charge in [-0.25, -0.2) is 14.8 Å². The second-order valence-electron chi connectivity index (χ2n) is 4.61. The Labute approximate surface area is 122 Å². The van der Waals surface area contributed by atoms with Crippen molar-refractivity contribution >= 4 is 12.0 Å². The Morgan fingerprint density at radius 2 is 1.86 bits per heavy atom. The highest BCUT2D eigenvalue weighted by Crippen LogP contribution is 2.26. The number of ether oxygens (including phenoxy) is 1. The molecule has 2 rings (SSSR count). The number of nitrogens with zero attached hydrogens (tertiary/aromatic N) is 2. The average Bonchev–Trinajstić information content (AvgIpc) is 2.45. The van der Waals surface area contributed by atoms with Gasteiger partial charge in [0.15, 0.2) is 5.82 Å². The summed E-state index contributed by atoms with van der Waals surface area (Å²) in [5, 5.41) is 8.65. The van der Waals surface area contributed by atoms with Gasteiger partial charge in [0.2, 0.25) is 0 Å². The van der Waals surface area contributed by atoms with Gasteiger partial charge in [-0.2, -0.15) is 0 Å². The highest BCUT2D eigenvalue weighted by Gasteiger charge is 2.07. The number of hydrogen-bond acceptors (Lipinski definition) is 4. The average molecular weight is 284 g/mol. The van der Waals surface area contributed by atoms with Crippen LogP contribution in [-0.4, -0.2) is 21.0 Å². The molecular weight excluding hydrogens is 268 g/mol. The zero-order valence-corrected chi connectivity index (χ0v) is 11.9. The van der Waals surface area contributed by atoms with Gasteiger partial charge in [-0.15, -0.1) is 0 Å². The maximum absolute atomic E-state index is 10.5. The first-order valence-corrected chi connectivity index (χ1v) is 6.47. The molecule has 21 heavy (non-hydrogen) atoms. The number of rotatable bonds is 5. The summed E-state index contributed by atoms with van der Waals surface area (Å²) < 4.78 is 5.77. The molecule has 1 aromatic carbocycles. The Hall–Kier alpha value is -2.69. The normalized spacial score (nSPS) is 10.8. The minimum absolute atomic E-state index is 0.298. The monoisotopic (exact) mass is 284 g/mol. The van der Waals surface area contributed by atoms with Crippen molar-refractivity contribution in [2.75, 3.05) is 0 Å². The molecule has 1 N–H and O–H groups in total. The SMILES string of the molecule is Cc1cc(C=CC(=O)O)cc(C)c1OCc1ncccn1. The number of carbonyl (C=O) groups is 1. The maximum atomic E-state index is 10.5. The van der Waals surface area contributed by atoms with Crippen LogP contribution in [0.25, 0.3) is 6.08 Å². The molecule has 1 aromatic heterocycles. The van der Waals surface area contributed by atoms with Gasteiger partial charge in [-0.1, -0.05) is 0 Å². The zero-order valence-electron chi connectivity index (χ0n) is 11.9. The van der Waals surface area contributed by atoms with E-state index in [4.69, 9.17) is 9.84 Å². The van der Waals surface area contributed by atoms with Crippen molar-refractivity contribution < 1.29 is 14.6 Å². The minimum atomic E-state index is -0.966. The van der Waals surface area contributed by atoms with Gasteiger partial charge >= 0.3 is 5.97 Å². The van der Waals surface area contributed by atoms with Crippen LogP contribution in [0.1, 0.15) is 22.5 Å². The Kier molecular flexibility index (Phi) is 4.66. The summed E-state index contributed by atoms with van der Waals surface area (Å²) >= 11 is 0. The number of aromatic nitrogens is 2. The van der Waals surface area contributed by atoms with Crippen LogP contribution < -0.4 is 4.74 Å². The van der Waals surface area contributed by atoms with Gasteiger partial charge in [0, 0.05) is 18.5 Å². The van der Waals surface area contributed by atoms with E-state index in [1.165, 1.54) is 0 Å². The maximum Gasteiger partial charge on any atom is 0.328 e. The topological polar surface area (TPSA) is 72.3 Å². The van der Waals surface area contributed by atoms with Crippen LogP contribution in [0.5, 0.6) is 5.75 Å². The summed E-state index contributed by atoms with van der Waals surface area (Å²) in [4.78, 5) is 18.8. The van der Waals surface area contributed by atoms with E-state index in [2.05, 4.69) is 9.97 Å². The molecule has 0 radical (unpaired) electrons. The highest BCUT2D eigenvalue weighted by molar-refractivity contribution is 5.85. The molecule has 0 aliphatic carbocycles. The molecule has 0 spiro atoms. The number of carboxylic acid groups (broad SMARTS) is 1. The van der Waals surface area contributed by atoms with Crippen molar-refractivity contribution in [3.05, 3.63) is 59.2 Å². The molecule has 0 saturated carbocycles. The fraction of sp³-hybridized carbons (Fsp3) is 0.188. The molecule has 0 bridgehead atoms. The molecule has 0 fully saturated rings. The van der Waals surface area contributed by atoms with Crippen molar-refractivity contribution in [2.45, 2.75) is 20.5 Å². The molecule has 2 aromatic rings. The van der Waals surface area contributed by atoms with Crippen LogP contribution in [0.3, 0.4) is 0 Å². The van der Waals surface area contributed by atoms with E-state index >= 15 is 0 Å². The lowest BCUT2D eigenvalue weighted by Crippen LogP contribution is -2.03. The molecule has 5 heteroatoms. The highest BCUT2D eigenvalue weighted by atomic mass is 16.5. The number of benzene rings is 1. The smallest absolute Gasteiger partial charge is 0.328 e. The standard InChI is InChI=1S/C16H16N2O3/c1-11-8-13(4-5-15(19)20)9-12(2)16(11)21-10-14-17-6-3-7-18-14/h3-9H,10H2,1-2H3,(H,19,20). The number of hydrogen-bond donors (Lipinski definition) is 1. The van der Waals surface area contributed by atoms with Crippen LogP contribution in [0.2, 0.25) is 0 Å². The summed E-state index contributed by atoms with van der Waals surface area (Å²) in [5.41, 5.74) is 2.71. The van der Waals surface area contributed by atoms with Gasteiger partial charge in [0.1, 0.15) is 12.4 Å². The third-order valence-electron chi connectivity index (χ3n) is 2.87. The quantitative estimate of drug-likeness (QED) is 0.855. The lowest BCUT2D eigenvalue weighted by Gasteiger charge is -2.12. The van der Waals surface area contributed by atoms with Crippen LogP contribution in [0.15, 0.2) is 36.7 Å². The van der Waals surface area contributed by atoms with Crippen molar-refractivity contribution in [2.24, 2.45) is 0 Å². The molecule has 1 heterocycles. The van der Waals surface area contributed by atoms with Gasteiger partial charge in [-0.3, -0.25) is 0 Å². The summed E-state index contributed by atoms with van der Waals surface area (Å²) in [6, 6.07) is 5.52. The largest absolute Gasteiger partial charge is 0.485 e. The molecule has 108 valence electrons. The fourth-order valence-electron chi connectivity index (χ4n) is 2.02. The van der Waals surface area contributed by atoms with E-state index in [0.29, 0.717) is 12.4 Å². The Balaban J connectivity index is 2.15. The molecular formula is C16H16N2O3.